The lowest BCUT2D eigenvalue weighted by Crippen LogP contribution is -2.10. The second kappa shape index (κ2) is 6.80. The zero-order valence-electron chi connectivity index (χ0n) is 12.9. The van der Waals surface area contributed by atoms with Crippen molar-refractivity contribution in [2.24, 2.45) is 5.14 Å². The van der Waals surface area contributed by atoms with E-state index in [4.69, 9.17) is 13.7 Å². The highest BCUT2D eigenvalue weighted by Gasteiger charge is 2.24. The lowest BCUT2D eigenvalue weighted by molar-refractivity contribution is 0.436. The topological polar surface area (TPSA) is 78.4 Å². The van der Waals surface area contributed by atoms with Crippen molar-refractivity contribution in [2.45, 2.75) is 44.9 Å². The first-order valence-electron chi connectivity index (χ1n) is 7.66. The predicted molar refractivity (Wildman–Crippen MR) is 85.4 cm³/mol. The number of benzene rings is 1. The lowest BCUT2D eigenvalue weighted by atomic mass is 9.85. The molecule has 7 heteroatoms. The van der Waals surface area contributed by atoms with E-state index < -0.39 is 17.1 Å². The molecule has 1 heterocycles. The molecule has 0 amide bonds. The molecule has 23 heavy (non-hydrogen) atoms. The van der Waals surface area contributed by atoms with Crippen LogP contribution in [-0.4, -0.2) is 9.19 Å². The number of nitrogens with two attached hydrogens (primary N) is 1. The van der Waals surface area contributed by atoms with Crippen molar-refractivity contribution in [1.82, 2.24) is 4.98 Å². The third-order valence-electron chi connectivity index (χ3n) is 4.12. The molecular formula is C16H19FN2O3S. The second-order valence-corrected chi connectivity index (χ2v) is 6.46. The summed E-state index contributed by atoms with van der Waals surface area (Å²) in [7, 11) is 0. The van der Waals surface area contributed by atoms with Crippen molar-refractivity contribution in [3.63, 3.8) is 0 Å². The fourth-order valence-corrected chi connectivity index (χ4v) is 3.41. The molecule has 1 aromatic carbocycles. The van der Waals surface area contributed by atoms with E-state index >= 15 is 0 Å². The van der Waals surface area contributed by atoms with Crippen LogP contribution in [0.3, 0.4) is 0 Å². The summed E-state index contributed by atoms with van der Waals surface area (Å²) in [6, 6.07) is 4.37. The maximum Gasteiger partial charge on any atom is 0.285 e. The molecule has 1 fully saturated rings. The molecular weight excluding hydrogens is 319 g/mol. The van der Waals surface area contributed by atoms with Gasteiger partial charge in [0.2, 0.25) is 0 Å². The summed E-state index contributed by atoms with van der Waals surface area (Å²) in [6.45, 7) is 1.79. The van der Waals surface area contributed by atoms with Gasteiger partial charge in [-0.05, 0) is 31.0 Å². The number of hydrogen-bond donors (Lipinski definition) is 1. The van der Waals surface area contributed by atoms with Gasteiger partial charge >= 0.3 is 0 Å². The largest absolute Gasteiger partial charge is 0.441 e. The molecule has 5 nitrogen and oxygen atoms in total. The number of nitrogens with zero attached hydrogens (tertiary/aromatic N) is 1. The Labute approximate surface area is 136 Å². The van der Waals surface area contributed by atoms with E-state index in [0.29, 0.717) is 23.1 Å². The van der Waals surface area contributed by atoms with Crippen LogP contribution >= 0.6 is 0 Å². The van der Waals surface area contributed by atoms with Crippen LogP contribution in [0, 0.1) is 12.7 Å². The Morgan fingerprint density at radius 1 is 1.35 bits per heavy atom. The van der Waals surface area contributed by atoms with Crippen molar-refractivity contribution in [2.75, 3.05) is 0 Å². The molecule has 0 saturated heterocycles. The fourth-order valence-electron chi connectivity index (χ4n) is 3.10. The van der Waals surface area contributed by atoms with Gasteiger partial charge in [0.1, 0.15) is 0 Å². The average molecular weight is 338 g/mol. The van der Waals surface area contributed by atoms with Crippen LogP contribution in [0.25, 0.3) is 11.3 Å². The Balaban J connectivity index is 1.95. The van der Waals surface area contributed by atoms with Gasteiger partial charge in [-0.1, -0.05) is 19.3 Å². The molecule has 3 rings (SSSR count). The molecule has 124 valence electrons. The highest BCUT2D eigenvalue weighted by Crippen LogP contribution is 2.38. The van der Waals surface area contributed by atoms with E-state index in [9.17, 15) is 8.60 Å². The molecule has 0 spiro atoms. The number of oxazole rings is 1. The first kappa shape index (κ1) is 16.1. The summed E-state index contributed by atoms with van der Waals surface area (Å²) in [6.07, 6.45) is 5.77. The molecule has 1 aliphatic carbocycles. The molecule has 0 radical (unpaired) electrons. The number of aromatic nitrogens is 1. The maximum absolute atomic E-state index is 14.1. The van der Waals surface area contributed by atoms with Crippen LogP contribution in [-0.2, 0) is 11.3 Å². The van der Waals surface area contributed by atoms with Crippen LogP contribution < -0.4 is 9.32 Å². The van der Waals surface area contributed by atoms with Crippen molar-refractivity contribution >= 4 is 11.3 Å². The number of aryl methyl sites for hydroxylation is 1. The molecule has 0 aliphatic heterocycles. The van der Waals surface area contributed by atoms with E-state index in [1.165, 1.54) is 31.4 Å². The van der Waals surface area contributed by atoms with Gasteiger partial charge < -0.3 is 8.60 Å². The Hall–Kier alpha value is -1.73. The molecule has 1 saturated carbocycles. The van der Waals surface area contributed by atoms with E-state index in [1.54, 1.807) is 13.0 Å². The molecule has 1 unspecified atom stereocenters. The Kier molecular flexibility index (Phi) is 4.77. The minimum absolute atomic E-state index is 0.148. The van der Waals surface area contributed by atoms with Crippen LogP contribution in [0.5, 0.6) is 5.75 Å². The Morgan fingerprint density at radius 3 is 2.74 bits per heavy atom. The summed E-state index contributed by atoms with van der Waals surface area (Å²) in [5.41, 5.74) is 1.50. The third kappa shape index (κ3) is 3.61. The van der Waals surface area contributed by atoms with Crippen molar-refractivity contribution in [3.05, 3.63) is 35.6 Å². The summed E-state index contributed by atoms with van der Waals surface area (Å²) >= 11 is -2.06. The van der Waals surface area contributed by atoms with Gasteiger partial charge in [-0.2, -0.15) is 4.21 Å². The van der Waals surface area contributed by atoms with Crippen LogP contribution in [0.2, 0.25) is 0 Å². The van der Waals surface area contributed by atoms with Gasteiger partial charge in [-0.3, -0.25) is 0 Å². The van der Waals surface area contributed by atoms with Crippen molar-refractivity contribution in [1.29, 1.82) is 0 Å². The molecule has 1 atom stereocenters. The van der Waals surface area contributed by atoms with E-state index in [2.05, 4.69) is 4.98 Å². The molecule has 0 bridgehead atoms. The number of rotatable bonds is 4. The van der Waals surface area contributed by atoms with E-state index in [-0.39, 0.29) is 5.75 Å². The molecule has 2 aromatic rings. The van der Waals surface area contributed by atoms with Gasteiger partial charge in [0.15, 0.2) is 23.2 Å². The van der Waals surface area contributed by atoms with Crippen LogP contribution in [0.4, 0.5) is 4.39 Å². The first-order chi connectivity index (χ1) is 11.0. The smallest absolute Gasteiger partial charge is 0.285 e. The van der Waals surface area contributed by atoms with Gasteiger partial charge in [-0.15, -0.1) is 0 Å². The standard InChI is InChI=1S/C16H19FN2O3S/c1-10-19-15(11-5-3-2-4-6-11)16(21-10)12-7-8-14(13(17)9-12)22-23(18)20/h7-9,11H,2-6,18H2,1H3. The second-order valence-electron chi connectivity index (χ2n) is 5.77. The zero-order valence-corrected chi connectivity index (χ0v) is 13.7. The lowest BCUT2D eigenvalue weighted by Gasteiger charge is -2.20. The van der Waals surface area contributed by atoms with Crippen molar-refractivity contribution < 1.29 is 17.2 Å². The Bertz CT molecular complexity index is 726. The summed E-state index contributed by atoms with van der Waals surface area (Å²) in [5.74, 6) is 0.750. The monoisotopic (exact) mass is 338 g/mol. The highest BCUT2D eigenvalue weighted by molar-refractivity contribution is 7.78. The minimum Gasteiger partial charge on any atom is -0.441 e. The van der Waals surface area contributed by atoms with E-state index in [1.807, 2.05) is 0 Å². The van der Waals surface area contributed by atoms with Crippen molar-refractivity contribution in [3.8, 4) is 17.1 Å². The molecule has 1 aromatic heterocycles. The molecule has 2 N–H and O–H groups in total. The predicted octanol–water partition coefficient (Wildman–Crippen LogP) is 3.75. The number of halogens is 1. The first-order valence-corrected chi connectivity index (χ1v) is 8.80. The van der Waals surface area contributed by atoms with Crippen LogP contribution in [0.1, 0.15) is 49.6 Å². The Morgan fingerprint density at radius 2 is 2.09 bits per heavy atom. The normalized spacial score (nSPS) is 17.2. The summed E-state index contributed by atoms with van der Waals surface area (Å²) < 4.78 is 35.4. The molecule has 1 aliphatic rings. The van der Waals surface area contributed by atoms with Gasteiger partial charge in [0.05, 0.1) is 5.69 Å². The van der Waals surface area contributed by atoms with Crippen LogP contribution in [0.15, 0.2) is 22.6 Å². The van der Waals surface area contributed by atoms with Gasteiger partial charge in [0, 0.05) is 18.4 Å². The zero-order chi connectivity index (χ0) is 16.4. The summed E-state index contributed by atoms with van der Waals surface area (Å²) in [5, 5.41) is 5.02. The average Bonchev–Trinajstić information content (AvgIpc) is 2.92. The SMILES string of the molecule is Cc1nc(C2CCCCC2)c(-c2ccc(OS(N)=O)c(F)c2)o1. The van der Waals surface area contributed by atoms with E-state index in [0.717, 1.165) is 18.5 Å². The highest BCUT2D eigenvalue weighted by atomic mass is 32.2. The minimum atomic E-state index is -2.06. The van der Waals surface area contributed by atoms with Gasteiger partial charge in [-0.25, -0.2) is 14.5 Å². The quantitative estimate of drug-likeness (QED) is 0.921. The van der Waals surface area contributed by atoms with Gasteiger partial charge in [0.25, 0.3) is 11.3 Å². The fraction of sp³-hybridized carbons (Fsp3) is 0.438. The summed E-state index contributed by atoms with van der Waals surface area (Å²) in [4.78, 5) is 4.52. The maximum atomic E-state index is 14.1. The third-order valence-corrected chi connectivity index (χ3v) is 4.46. The number of hydrogen-bond acceptors (Lipinski definition) is 4.